The molecule has 0 aromatic heterocycles. The minimum absolute atomic E-state index is 0.0509. The average Bonchev–Trinajstić information content (AvgIpc) is 2.53. The zero-order valence-electron chi connectivity index (χ0n) is 17.5. The summed E-state index contributed by atoms with van der Waals surface area (Å²) in [7, 11) is 16.3. The van der Waals surface area contributed by atoms with E-state index < -0.39 is 0 Å². The highest BCUT2D eigenvalue weighted by molar-refractivity contribution is 5.72. The predicted molar refractivity (Wildman–Crippen MR) is 97.7 cm³/mol. The minimum atomic E-state index is -0.201. The van der Waals surface area contributed by atoms with Crippen LogP contribution in [-0.4, -0.2) is 118 Å². The molecular weight excluding hydrogens is 328 g/mol. The summed E-state index contributed by atoms with van der Waals surface area (Å²) in [5.74, 6) is 0.0509. The zero-order valence-corrected chi connectivity index (χ0v) is 17.5. The number of hydrogen-bond acceptors (Lipinski definition) is 8. The maximum absolute atomic E-state index is 10.5. The molecule has 10 nitrogen and oxygen atoms in total. The molecule has 0 saturated heterocycles. The standard InChI is InChI=1S/C6H14N2O2.C5H12N2O.C4H10N2O/c1-6(10-5-9)8(4)7(2)3;1-5(8)7(4)6(2)3;1-5(2)6(3)4-7/h5-6H,1-4H3;1-4H3;4H,1-3H3. The summed E-state index contributed by atoms with van der Waals surface area (Å²) in [5, 5.41) is 10.0. The first-order valence-corrected chi connectivity index (χ1v) is 7.59. The third-order valence-electron chi connectivity index (χ3n) is 3.25. The van der Waals surface area contributed by atoms with E-state index in [0.717, 1.165) is 6.41 Å². The van der Waals surface area contributed by atoms with Crippen molar-refractivity contribution in [3.63, 3.8) is 0 Å². The maximum Gasteiger partial charge on any atom is 0.294 e. The van der Waals surface area contributed by atoms with Crippen molar-refractivity contribution >= 4 is 18.8 Å². The molecular formula is C15H36N6O4. The number of rotatable bonds is 7. The Morgan fingerprint density at radius 1 is 0.840 bits per heavy atom. The van der Waals surface area contributed by atoms with Gasteiger partial charge in [0.25, 0.3) is 6.47 Å². The van der Waals surface area contributed by atoms with E-state index in [1.54, 1.807) is 50.1 Å². The van der Waals surface area contributed by atoms with E-state index in [9.17, 15) is 14.4 Å². The summed E-state index contributed by atoms with van der Waals surface area (Å²) in [6, 6.07) is 0. The first-order chi connectivity index (χ1) is 11.3. The molecule has 1 unspecified atom stereocenters. The molecule has 0 radical (unpaired) electrons. The van der Waals surface area contributed by atoms with Crippen LogP contribution in [0.1, 0.15) is 13.8 Å². The second-order valence-electron chi connectivity index (χ2n) is 5.67. The van der Waals surface area contributed by atoms with Gasteiger partial charge in [0.1, 0.15) is 0 Å². The Bertz CT molecular complexity index is 366. The molecule has 0 aliphatic heterocycles. The van der Waals surface area contributed by atoms with Crippen LogP contribution in [0.5, 0.6) is 0 Å². The third-order valence-corrected chi connectivity index (χ3v) is 3.25. The van der Waals surface area contributed by atoms with Crippen molar-refractivity contribution in [1.29, 1.82) is 0 Å². The van der Waals surface area contributed by atoms with Crippen LogP contribution in [-0.2, 0) is 19.1 Å². The molecule has 0 aliphatic carbocycles. The molecule has 0 aromatic rings. The van der Waals surface area contributed by atoms with E-state index in [0.29, 0.717) is 6.47 Å². The second-order valence-corrected chi connectivity index (χ2v) is 5.67. The van der Waals surface area contributed by atoms with Gasteiger partial charge in [0.15, 0.2) is 6.23 Å². The van der Waals surface area contributed by atoms with E-state index in [4.69, 9.17) is 0 Å². The smallest absolute Gasteiger partial charge is 0.294 e. The minimum Gasteiger partial charge on any atom is -0.448 e. The van der Waals surface area contributed by atoms with Gasteiger partial charge in [-0.3, -0.25) is 24.4 Å². The number of nitrogens with zero attached hydrogens (tertiary/aromatic N) is 6. The number of hydrogen-bond donors (Lipinski definition) is 0. The summed E-state index contributed by atoms with van der Waals surface area (Å²) in [5.41, 5.74) is 0. The quantitative estimate of drug-likeness (QED) is 0.337. The Morgan fingerprint density at radius 2 is 1.28 bits per heavy atom. The summed E-state index contributed by atoms with van der Waals surface area (Å²) >= 11 is 0. The summed E-state index contributed by atoms with van der Waals surface area (Å²) in [4.78, 5) is 30.2. The van der Waals surface area contributed by atoms with Crippen LogP contribution >= 0.6 is 0 Å². The fourth-order valence-electron chi connectivity index (χ4n) is 0.870. The molecule has 0 spiro atoms. The lowest BCUT2D eigenvalue weighted by Crippen LogP contribution is -2.41. The van der Waals surface area contributed by atoms with E-state index >= 15 is 0 Å². The van der Waals surface area contributed by atoms with Crippen LogP contribution < -0.4 is 0 Å². The van der Waals surface area contributed by atoms with Crippen molar-refractivity contribution in [1.82, 2.24) is 30.1 Å². The van der Waals surface area contributed by atoms with Crippen LogP contribution in [0.15, 0.2) is 0 Å². The Morgan fingerprint density at radius 3 is 1.40 bits per heavy atom. The average molecular weight is 364 g/mol. The Balaban J connectivity index is -0.000000296. The molecule has 0 aromatic carbocycles. The van der Waals surface area contributed by atoms with Gasteiger partial charge in [-0.25, -0.2) is 20.0 Å². The van der Waals surface area contributed by atoms with Crippen LogP contribution in [0.3, 0.4) is 0 Å². The molecule has 2 amide bonds. The fourth-order valence-corrected chi connectivity index (χ4v) is 0.870. The van der Waals surface area contributed by atoms with E-state index in [1.165, 1.54) is 16.9 Å². The number of hydrazine groups is 3. The molecule has 0 heterocycles. The van der Waals surface area contributed by atoms with Crippen LogP contribution in [0, 0.1) is 0 Å². The fraction of sp³-hybridized carbons (Fsp3) is 0.800. The summed E-state index contributed by atoms with van der Waals surface area (Å²) in [6.45, 7) is 3.78. The number of ether oxygens (including phenoxy) is 1. The maximum atomic E-state index is 10.5. The molecule has 0 bridgehead atoms. The van der Waals surface area contributed by atoms with Gasteiger partial charge in [0.05, 0.1) is 0 Å². The predicted octanol–water partition coefficient (Wildman–Crippen LogP) is -0.594. The third kappa shape index (κ3) is 16.9. The topological polar surface area (TPSA) is 79.9 Å². The van der Waals surface area contributed by atoms with Crippen LogP contribution in [0.4, 0.5) is 0 Å². The first-order valence-electron chi connectivity index (χ1n) is 7.59. The molecule has 0 rings (SSSR count). The van der Waals surface area contributed by atoms with Gasteiger partial charge in [0, 0.05) is 70.4 Å². The van der Waals surface area contributed by atoms with Gasteiger partial charge >= 0.3 is 0 Å². The summed E-state index contributed by atoms with van der Waals surface area (Å²) < 4.78 is 4.67. The largest absolute Gasteiger partial charge is 0.448 e. The first kappa shape index (κ1) is 28.1. The lowest BCUT2D eigenvalue weighted by molar-refractivity contribution is -0.154. The lowest BCUT2D eigenvalue weighted by atomic mass is 10.6. The highest BCUT2D eigenvalue weighted by atomic mass is 16.5. The second kappa shape index (κ2) is 15.8. The number of carbonyl (C=O) groups excluding carboxylic acids is 3. The molecule has 0 N–H and O–H groups in total. The van der Waals surface area contributed by atoms with Crippen LogP contribution in [0.2, 0.25) is 0 Å². The number of amides is 2. The van der Waals surface area contributed by atoms with Crippen molar-refractivity contribution in [2.75, 3.05) is 63.4 Å². The molecule has 0 saturated carbocycles. The van der Waals surface area contributed by atoms with Crippen molar-refractivity contribution < 1.29 is 19.1 Å². The monoisotopic (exact) mass is 364 g/mol. The number of carbonyl (C=O) groups is 3. The van der Waals surface area contributed by atoms with Crippen molar-refractivity contribution in [3.05, 3.63) is 0 Å². The molecule has 0 aliphatic rings. The van der Waals surface area contributed by atoms with Crippen molar-refractivity contribution in [2.24, 2.45) is 0 Å². The van der Waals surface area contributed by atoms with E-state index in [1.807, 2.05) is 40.2 Å². The Kier molecular flexibility index (Phi) is 17.7. The molecule has 1 atom stereocenters. The molecule has 0 fully saturated rings. The highest BCUT2D eigenvalue weighted by Crippen LogP contribution is 1.96. The SMILES string of the molecule is CC(=O)N(C)N(C)C.CC(OC=O)N(C)N(C)C.CN(C)N(C)C=O. The van der Waals surface area contributed by atoms with Gasteiger partial charge in [-0.15, -0.1) is 0 Å². The van der Waals surface area contributed by atoms with Crippen molar-refractivity contribution in [2.45, 2.75) is 20.1 Å². The molecule has 25 heavy (non-hydrogen) atoms. The van der Waals surface area contributed by atoms with Gasteiger partial charge in [-0.1, -0.05) is 0 Å². The van der Waals surface area contributed by atoms with Crippen molar-refractivity contribution in [3.8, 4) is 0 Å². The molecule has 150 valence electrons. The lowest BCUT2D eigenvalue weighted by Gasteiger charge is -2.28. The van der Waals surface area contributed by atoms with Gasteiger partial charge < -0.3 is 4.74 Å². The highest BCUT2D eigenvalue weighted by Gasteiger charge is 2.09. The van der Waals surface area contributed by atoms with E-state index in [2.05, 4.69) is 4.74 Å². The van der Waals surface area contributed by atoms with Gasteiger partial charge in [-0.05, 0) is 6.92 Å². The van der Waals surface area contributed by atoms with Crippen LogP contribution in [0.25, 0.3) is 0 Å². The molecule has 10 heteroatoms. The normalized spacial score (nSPS) is 11.2. The van der Waals surface area contributed by atoms with Gasteiger partial charge in [-0.2, -0.15) is 0 Å². The van der Waals surface area contributed by atoms with E-state index in [-0.39, 0.29) is 12.1 Å². The van der Waals surface area contributed by atoms with Gasteiger partial charge in [0.2, 0.25) is 12.3 Å². The zero-order chi connectivity index (χ0) is 20.7. The Hall–Kier alpha value is -1.75. The Labute approximate surface area is 152 Å². The summed E-state index contributed by atoms with van der Waals surface area (Å²) in [6.07, 6.45) is 0.549.